The molecule has 2 N–H and O–H groups in total. The summed E-state index contributed by atoms with van der Waals surface area (Å²) in [4.78, 5) is 23.5. The number of anilines is 1. The average molecular weight is 420 g/mol. The molecular weight excluding hydrogens is 386 g/mol. The number of para-hydroxylation sites is 1. The van der Waals surface area contributed by atoms with Crippen LogP contribution in [0, 0.1) is 5.41 Å². The number of carboxylic acid groups (broad SMARTS) is 1. The van der Waals surface area contributed by atoms with Crippen molar-refractivity contribution < 1.29 is 14.7 Å². The van der Waals surface area contributed by atoms with Crippen LogP contribution in [0.3, 0.4) is 0 Å². The van der Waals surface area contributed by atoms with Crippen LogP contribution in [0.15, 0.2) is 83.0 Å². The first-order valence-electron chi connectivity index (χ1n) is 10.6. The Kier molecular flexibility index (Phi) is 8.38. The molecule has 0 spiro atoms. The van der Waals surface area contributed by atoms with E-state index in [1.807, 2.05) is 25.2 Å². The third-order valence-electron chi connectivity index (χ3n) is 5.55. The lowest BCUT2D eigenvalue weighted by molar-refractivity contribution is -0.111. The summed E-state index contributed by atoms with van der Waals surface area (Å²) in [5, 5.41) is 11.8. The SMILES string of the molecule is CC(C=CC1=C(C)CCCC1(C)C)=CC=CC(C)=CC(=O)Nc1ccccc1C(=O)O. The highest BCUT2D eigenvalue weighted by atomic mass is 16.4. The summed E-state index contributed by atoms with van der Waals surface area (Å²) in [5.74, 6) is -1.44. The monoisotopic (exact) mass is 419 g/mol. The van der Waals surface area contributed by atoms with Gasteiger partial charge in [-0.05, 0) is 68.7 Å². The third kappa shape index (κ3) is 7.25. The van der Waals surface area contributed by atoms with Crippen LogP contribution in [0.25, 0.3) is 0 Å². The number of nitrogens with one attached hydrogen (secondary N) is 1. The molecule has 0 saturated carbocycles. The molecule has 1 amide bonds. The van der Waals surface area contributed by atoms with Gasteiger partial charge in [0.05, 0.1) is 11.3 Å². The number of carboxylic acids is 1. The fourth-order valence-electron chi connectivity index (χ4n) is 3.83. The van der Waals surface area contributed by atoms with Crippen molar-refractivity contribution in [2.75, 3.05) is 5.32 Å². The number of benzene rings is 1. The Bertz CT molecular complexity index is 987. The Morgan fingerprint density at radius 1 is 1.10 bits per heavy atom. The van der Waals surface area contributed by atoms with Gasteiger partial charge in [-0.3, -0.25) is 4.79 Å². The lowest BCUT2D eigenvalue weighted by Gasteiger charge is -2.32. The minimum atomic E-state index is -1.08. The highest BCUT2D eigenvalue weighted by molar-refractivity contribution is 6.04. The van der Waals surface area contributed by atoms with Crippen LogP contribution in [-0.4, -0.2) is 17.0 Å². The molecule has 0 aliphatic heterocycles. The van der Waals surface area contributed by atoms with E-state index in [9.17, 15) is 14.7 Å². The van der Waals surface area contributed by atoms with Gasteiger partial charge < -0.3 is 10.4 Å². The first-order valence-corrected chi connectivity index (χ1v) is 10.6. The number of hydrogen-bond donors (Lipinski definition) is 2. The van der Waals surface area contributed by atoms with Gasteiger partial charge in [-0.1, -0.05) is 67.5 Å². The second kappa shape index (κ2) is 10.8. The molecule has 4 nitrogen and oxygen atoms in total. The Morgan fingerprint density at radius 3 is 2.48 bits per heavy atom. The highest BCUT2D eigenvalue weighted by Crippen LogP contribution is 2.40. The molecule has 1 aromatic rings. The van der Waals surface area contributed by atoms with Gasteiger partial charge in [0, 0.05) is 6.08 Å². The average Bonchev–Trinajstić information content (AvgIpc) is 2.67. The van der Waals surface area contributed by atoms with E-state index in [2.05, 4.69) is 45.2 Å². The molecule has 0 bridgehead atoms. The molecule has 0 aromatic heterocycles. The van der Waals surface area contributed by atoms with Crippen LogP contribution < -0.4 is 5.32 Å². The number of carbonyl (C=O) groups is 2. The Morgan fingerprint density at radius 2 is 1.81 bits per heavy atom. The minimum absolute atomic E-state index is 0.0642. The fraction of sp³-hybridized carbons (Fsp3) is 0.333. The summed E-state index contributed by atoms with van der Waals surface area (Å²) < 4.78 is 0. The third-order valence-corrected chi connectivity index (χ3v) is 5.55. The lowest BCUT2D eigenvalue weighted by atomic mass is 9.72. The maximum Gasteiger partial charge on any atom is 0.337 e. The molecule has 0 unspecified atom stereocenters. The van der Waals surface area contributed by atoms with Gasteiger partial charge in [0.2, 0.25) is 5.91 Å². The van der Waals surface area contributed by atoms with Crippen LogP contribution in [0.4, 0.5) is 5.69 Å². The molecule has 0 heterocycles. The van der Waals surface area contributed by atoms with E-state index >= 15 is 0 Å². The summed E-state index contributed by atoms with van der Waals surface area (Å²) in [7, 11) is 0. The van der Waals surface area contributed by atoms with Crippen LogP contribution in [0.5, 0.6) is 0 Å². The van der Waals surface area contributed by atoms with E-state index in [1.54, 1.807) is 18.2 Å². The van der Waals surface area contributed by atoms with Crippen molar-refractivity contribution >= 4 is 17.6 Å². The summed E-state index contributed by atoms with van der Waals surface area (Å²) in [6.45, 7) is 10.7. The first-order chi connectivity index (χ1) is 14.6. The predicted molar refractivity (Wildman–Crippen MR) is 128 cm³/mol. The summed E-state index contributed by atoms with van der Waals surface area (Å²) in [6.07, 6.45) is 15.3. The molecule has 0 radical (unpaired) electrons. The fourth-order valence-corrected chi connectivity index (χ4v) is 3.83. The predicted octanol–water partition coefficient (Wildman–Crippen LogP) is 6.85. The number of allylic oxidation sites excluding steroid dienone is 9. The Hall–Kier alpha value is -3.14. The number of hydrogen-bond acceptors (Lipinski definition) is 2. The maximum absolute atomic E-state index is 12.2. The largest absolute Gasteiger partial charge is 0.478 e. The van der Waals surface area contributed by atoms with E-state index in [0.29, 0.717) is 0 Å². The number of rotatable bonds is 7. The van der Waals surface area contributed by atoms with Gasteiger partial charge in [-0.25, -0.2) is 4.79 Å². The number of aromatic carboxylic acids is 1. The standard InChI is InChI=1S/C27H33NO3/c1-19(15-16-23-21(3)12-9-17-27(23,4)5)10-8-11-20(2)18-25(29)28-24-14-7-6-13-22(24)26(30)31/h6-8,10-11,13-16,18H,9,12,17H2,1-5H3,(H,28,29)(H,30,31). The molecule has 31 heavy (non-hydrogen) atoms. The maximum atomic E-state index is 12.2. The van der Waals surface area contributed by atoms with Gasteiger partial charge in [-0.15, -0.1) is 0 Å². The van der Waals surface area contributed by atoms with Crippen molar-refractivity contribution in [1.29, 1.82) is 0 Å². The van der Waals surface area contributed by atoms with Crippen LogP contribution in [0.1, 0.15) is 64.2 Å². The van der Waals surface area contributed by atoms with Gasteiger partial charge >= 0.3 is 5.97 Å². The molecule has 1 aliphatic carbocycles. The zero-order valence-electron chi connectivity index (χ0n) is 19.2. The van der Waals surface area contributed by atoms with Gasteiger partial charge in [0.25, 0.3) is 0 Å². The smallest absolute Gasteiger partial charge is 0.337 e. The molecule has 0 atom stereocenters. The topological polar surface area (TPSA) is 66.4 Å². The second-order valence-corrected chi connectivity index (χ2v) is 8.76. The Balaban J connectivity index is 2.01. The Labute approximate surface area is 185 Å². The van der Waals surface area contributed by atoms with Crippen LogP contribution in [-0.2, 0) is 4.79 Å². The van der Waals surface area contributed by atoms with Crippen LogP contribution >= 0.6 is 0 Å². The van der Waals surface area contributed by atoms with Crippen molar-refractivity contribution in [3.05, 3.63) is 88.6 Å². The van der Waals surface area contributed by atoms with E-state index in [1.165, 1.54) is 42.6 Å². The van der Waals surface area contributed by atoms with Gasteiger partial charge in [-0.2, -0.15) is 0 Å². The molecular formula is C27H33NO3. The van der Waals surface area contributed by atoms with Crippen molar-refractivity contribution in [2.24, 2.45) is 5.41 Å². The van der Waals surface area contributed by atoms with Crippen molar-refractivity contribution in [1.82, 2.24) is 0 Å². The van der Waals surface area contributed by atoms with Crippen molar-refractivity contribution in [3.63, 3.8) is 0 Å². The van der Waals surface area contributed by atoms with E-state index in [0.717, 1.165) is 11.1 Å². The highest BCUT2D eigenvalue weighted by Gasteiger charge is 2.26. The van der Waals surface area contributed by atoms with E-state index < -0.39 is 5.97 Å². The van der Waals surface area contributed by atoms with E-state index in [4.69, 9.17) is 0 Å². The first kappa shape index (κ1) is 24.1. The molecule has 0 saturated heterocycles. The van der Waals surface area contributed by atoms with Gasteiger partial charge in [0.15, 0.2) is 0 Å². The summed E-state index contributed by atoms with van der Waals surface area (Å²) >= 11 is 0. The lowest BCUT2D eigenvalue weighted by Crippen LogP contribution is -2.19. The molecule has 1 aliphatic rings. The zero-order chi connectivity index (χ0) is 23.0. The molecule has 164 valence electrons. The molecule has 0 fully saturated rings. The quantitative estimate of drug-likeness (QED) is 0.375. The molecule has 1 aromatic carbocycles. The zero-order valence-corrected chi connectivity index (χ0v) is 19.2. The van der Waals surface area contributed by atoms with E-state index in [-0.39, 0.29) is 22.6 Å². The van der Waals surface area contributed by atoms with Crippen molar-refractivity contribution in [2.45, 2.75) is 53.9 Å². The summed E-state index contributed by atoms with van der Waals surface area (Å²) in [6, 6.07) is 6.34. The number of amides is 1. The van der Waals surface area contributed by atoms with Crippen molar-refractivity contribution in [3.8, 4) is 0 Å². The second-order valence-electron chi connectivity index (χ2n) is 8.76. The van der Waals surface area contributed by atoms with Gasteiger partial charge in [0.1, 0.15) is 0 Å². The summed E-state index contributed by atoms with van der Waals surface area (Å²) in [5.41, 5.74) is 5.38. The van der Waals surface area contributed by atoms with Crippen LogP contribution in [0.2, 0.25) is 0 Å². The molecule has 4 heteroatoms. The number of carbonyl (C=O) groups excluding carboxylic acids is 1. The minimum Gasteiger partial charge on any atom is -0.478 e. The normalized spacial score (nSPS) is 17.5. The molecule has 2 rings (SSSR count).